The van der Waals surface area contributed by atoms with Gasteiger partial charge in [0.05, 0.1) is 12.3 Å². The Morgan fingerprint density at radius 3 is 2.75 bits per heavy atom. The van der Waals surface area contributed by atoms with E-state index >= 15 is 0 Å². The maximum atomic E-state index is 12.4. The summed E-state index contributed by atoms with van der Waals surface area (Å²) in [6.07, 6.45) is 1.21. The number of pyridine rings is 1. The number of ether oxygens (including phenoxy) is 1. The minimum absolute atomic E-state index is 0.0170. The lowest BCUT2D eigenvalue weighted by molar-refractivity contribution is 0.239. The van der Waals surface area contributed by atoms with Crippen LogP contribution in [0.2, 0.25) is 0 Å². The number of halogens is 1. The molecule has 12 heavy (non-hydrogen) atoms. The summed E-state index contributed by atoms with van der Waals surface area (Å²) in [6, 6.07) is 1.20. The minimum Gasteiger partial charge on any atom is -0.504 e. The van der Waals surface area contributed by atoms with Gasteiger partial charge in [-0.1, -0.05) is 0 Å². The molecule has 1 aromatic rings. The molecule has 0 aliphatic carbocycles. The molecule has 1 heterocycles. The van der Waals surface area contributed by atoms with Crippen LogP contribution in [0.3, 0.4) is 0 Å². The van der Waals surface area contributed by atoms with Gasteiger partial charge in [0.15, 0.2) is 5.75 Å². The molecule has 0 atom stereocenters. The fraction of sp³-hybridized carbons (Fsp3) is 0.375. The molecular weight excluding hydrogens is 161 g/mol. The molecule has 0 radical (unpaired) electrons. The molecule has 0 saturated heterocycles. The Hall–Kier alpha value is -1.32. The van der Waals surface area contributed by atoms with Gasteiger partial charge in [0.2, 0.25) is 0 Å². The number of aromatic nitrogens is 1. The normalized spacial score (nSPS) is 10.3. The average Bonchev–Trinajstić information content (AvgIpc) is 1.96. The van der Waals surface area contributed by atoms with Gasteiger partial charge < -0.3 is 9.84 Å². The molecule has 0 aliphatic rings. The van der Waals surface area contributed by atoms with Crippen LogP contribution >= 0.6 is 0 Å². The molecule has 0 fully saturated rings. The zero-order valence-corrected chi connectivity index (χ0v) is 6.91. The number of hydrogen-bond donors (Lipinski definition) is 1. The van der Waals surface area contributed by atoms with E-state index in [9.17, 15) is 4.39 Å². The zero-order valence-electron chi connectivity index (χ0n) is 6.91. The molecule has 0 aliphatic heterocycles. The summed E-state index contributed by atoms with van der Waals surface area (Å²) in [5, 5.41) is 8.90. The second-order valence-corrected chi connectivity index (χ2v) is 2.65. The standard InChI is InChI=1S/C8H10FNO2/c1-5(2)12-6-3-7(11)8(9)10-4-6/h3-5,11H,1-2H3. The first-order valence-electron chi connectivity index (χ1n) is 3.60. The predicted octanol–water partition coefficient (Wildman–Crippen LogP) is 1.71. The summed E-state index contributed by atoms with van der Waals surface area (Å²) in [7, 11) is 0. The first-order chi connectivity index (χ1) is 5.59. The smallest absolute Gasteiger partial charge is 0.255 e. The van der Waals surface area contributed by atoms with E-state index in [4.69, 9.17) is 9.84 Å². The van der Waals surface area contributed by atoms with Crippen LogP contribution in [-0.2, 0) is 0 Å². The highest BCUT2D eigenvalue weighted by atomic mass is 19.1. The number of hydrogen-bond acceptors (Lipinski definition) is 3. The first kappa shape index (κ1) is 8.77. The van der Waals surface area contributed by atoms with Crippen molar-refractivity contribution in [3.63, 3.8) is 0 Å². The van der Waals surface area contributed by atoms with E-state index in [-0.39, 0.29) is 6.10 Å². The molecule has 3 nitrogen and oxygen atoms in total. The van der Waals surface area contributed by atoms with Gasteiger partial charge in [-0.25, -0.2) is 4.98 Å². The first-order valence-corrected chi connectivity index (χ1v) is 3.60. The molecule has 0 amide bonds. The number of rotatable bonds is 2. The van der Waals surface area contributed by atoms with Gasteiger partial charge in [0, 0.05) is 6.07 Å². The summed E-state index contributed by atoms with van der Waals surface area (Å²) >= 11 is 0. The van der Waals surface area contributed by atoms with Gasteiger partial charge in [-0.05, 0) is 13.8 Å². The Balaban J connectivity index is 2.82. The van der Waals surface area contributed by atoms with Crippen LogP contribution < -0.4 is 4.74 Å². The topological polar surface area (TPSA) is 42.4 Å². The number of aromatic hydroxyl groups is 1. The summed E-state index contributed by atoms with van der Waals surface area (Å²) in [5.41, 5.74) is 0. The van der Waals surface area contributed by atoms with Gasteiger partial charge in [0.25, 0.3) is 5.95 Å². The summed E-state index contributed by atoms with van der Waals surface area (Å²) in [5.74, 6) is -1.01. The lowest BCUT2D eigenvalue weighted by Gasteiger charge is -2.08. The third-order valence-electron chi connectivity index (χ3n) is 1.17. The summed E-state index contributed by atoms with van der Waals surface area (Å²) < 4.78 is 17.6. The summed E-state index contributed by atoms with van der Waals surface area (Å²) in [6.45, 7) is 3.67. The van der Waals surface area contributed by atoms with Crippen LogP contribution in [0.5, 0.6) is 11.5 Å². The van der Waals surface area contributed by atoms with Crippen LogP contribution in [-0.4, -0.2) is 16.2 Å². The van der Waals surface area contributed by atoms with Crippen molar-refractivity contribution in [2.24, 2.45) is 0 Å². The highest BCUT2D eigenvalue weighted by Crippen LogP contribution is 2.20. The van der Waals surface area contributed by atoms with Crippen molar-refractivity contribution in [1.29, 1.82) is 0 Å². The monoisotopic (exact) mass is 171 g/mol. The van der Waals surface area contributed by atoms with E-state index in [0.717, 1.165) is 0 Å². The highest BCUT2D eigenvalue weighted by molar-refractivity contribution is 5.28. The van der Waals surface area contributed by atoms with Crippen molar-refractivity contribution in [3.05, 3.63) is 18.2 Å². The van der Waals surface area contributed by atoms with E-state index in [1.54, 1.807) is 0 Å². The van der Waals surface area contributed by atoms with Crippen molar-refractivity contribution in [2.45, 2.75) is 20.0 Å². The largest absolute Gasteiger partial charge is 0.504 e. The summed E-state index contributed by atoms with van der Waals surface area (Å²) in [4.78, 5) is 3.29. The van der Waals surface area contributed by atoms with E-state index in [1.165, 1.54) is 12.3 Å². The predicted molar refractivity (Wildman–Crippen MR) is 41.6 cm³/mol. The van der Waals surface area contributed by atoms with Crippen molar-refractivity contribution in [1.82, 2.24) is 4.98 Å². The lowest BCUT2D eigenvalue weighted by Crippen LogP contribution is -2.05. The molecule has 0 spiro atoms. The maximum Gasteiger partial charge on any atom is 0.255 e. The van der Waals surface area contributed by atoms with Gasteiger partial charge in [0.1, 0.15) is 5.75 Å². The number of nitrogens with zero attached hydrogens (tertiary/aromatic N) is 1. The van der Waals surface area contributed by atoms with Gasteiger partial charge in [-0.15, -0.1) is 0 Å². The highest BCUT2D eigenvalue weighted by Gasteiger charge is 2.04. The third-order valence-corrected chi connectivity index (χ3v) is 1.17. The molecule has 0 aromatic carbocycles. The second kappa shape index (κ2) is 3.38. The van der Waals surface area contributed by atoms with E-state index in [0.29, 0.717) is 5.75 Å². The van der Waals surface area contributed by atoms with E-state index < -0.39 is 11.7 Å². The maximum absolute atomic E-state index is 12.4. The van der Waals surface area contributed by atoms with E-state index in [2.05, 4.69) is 4.98 Å². The van der Waals surface area contributed by atoms with Crippen LogP contribution in [0.15, 0.2) is 12.3 Å². The van der Waals surface area contributed by atoms with Crippen molar-refractivity contribution in [2.75, 3.05) is 0 Å². The second-order valence-electron chi connectivity index (χ2n) is 2.65. The molecule has 4 heteroatoms. The molecular formula is C8H10FNO2. The minimum atomic E-state index is -0.883. The fourth-order valence-electron chi connectivity index (χ4n) is 0.755. The fourth-order valence-corrected chi connectivity index (χ4v) is 0.755. The Morgan fingerprint density at radius 2 is 2.25 bits per heavy atom. The Bertz CT molecular complexity index is 276. The SMILES string of the molecule is CC(C)Oc1cnc(F)c(O)c1. The van der Waals surface area contributed by atoms with Crippen molar-refractivity contribution in [3.8, 4) is 11.5 Å². The molecule has 0 bridgehead atoms. The average molecular weight is 171 g/mol. The van der Waals surface area contributed by atoms with Gasteiger partial charge in [-0.3, -0.25) is 0 Å². The van der Waals surface area contributed by atoms with E-state index in [1.807, 2.05) is 13.8 Å². The molecule has 0 saturated carbocycles. The molecule has 0 unspecified atom stereocenters. The van der Waals surface area contributed by atoms with Crippen LogP contribution in [0.1, 0.15) is 13.8 Å². The van der Waals surface area contributed by atoms with Crippen molar-refractivity contribution >= 4 is 0 Å². The van der Waals surface area contributed by atoms with Gasteiger partial charge >= 0.3 is 0 Å². The zero-order chi connectivity index (χ0) is 9.14. The molecule has 66 valence electrons. The Morgan fingerprint density at radius 1 is 1.58 bits per heavy atom. The lowest BCUT2D eigenvalue weighted by atomic mass is 10.4. The third kappa shape index (κ3) is 2.08. The van der Waals surface area contributed by atoms with Gasteiger partial charge in [-0.2, -0.15) is 4.39 Å². The Kier molecular flexibility index (Phi) is 2.47. The molecule has 1 aromatic heterocycles. The molecule has 1 rings (SSSR count). The quantitative estimate of drug-likeness (QED) is 0.689. The van der Waals surface area contributed by atoms with Crippen molar-refractivity contribution < 1.29 is 14.2 Å². The molecule has 1 N–H and O–H groups in total. The van der Waals surface area contributed by atoms with Crippen LogP contribution in [0.4, 0.5) is 4.39 Å². The van der Waals surface area contributed by atoms with Crippen LogP contribution in [0.25, 0.3) is 0 Å². The van der Waals surface area contributed by atoms with Crippen LogP contribution in [0, 0.1) is 5.95 Å². The Labute approximate surface area is 69.8 Å².